The molecule has 0 saturated heterocycles. The second kappa shape index (κ2) is 5.94. The molecule has 0 fully saturated rings. The van der Waals surface area contributed by atoms with Crippen LogP contribution in [0.2, 0.25) is 0 Å². The second-order valence-electron chi connectivity index (χ2n) is 3.36. The number of hydrogen-bond acceptors (Lipinski definition) is 5. The Morgan fingerprint density at radius 2 is 1.95 bits per heavy atom. The predicted molar refractivity (Wildman–Crippen MR) is 69.3 cm³/mol. The highest BCUT2D eigenvalue weighted by atomic mass is 35.7. The molecular weight excluding hydrogens is 296 g/mol. The zero-order valence-electron chi connectivity index (χ0n) is 10.1. The minimum Gasteiger partial charge on any atom is -0.493 e. The molecule has 0 aliphatic carbocycles. The molecule has 0 unspecified atom stereocenters. The van der Waals surface area contributed by atoms with Crippen molar-refractivity contribution in [2.45, 2.75) is 4.90 Å². The van der Waals surface area contributed by atoms with Crippen LogP contribution in [0.25, 0.3) is 6.08 Å². The van der Waals surface area contributed by atoms with Gasteiger partial charge in [-0.1, -0.05) is 0 Å². The van der Waals surface area contributed by atoms with Crippen molar-refractivity contribution in [2.75, 3.05) is 14.2 Å². The van der Waals surface area contributed by atoms with Gasteiger partial charge in [0, 0.05) is 16.8 Å². The van der Waals surface area contributed by atoms with Crippen molar-refractivity contribution in [2.24, 2.45) is 0 Å². The van der Waals surface area contributed by atoms with Crippen LogP contribution in [0.15, 0.2) is 23.1 Å². The van der Waals surface area contributed by atoms with Crippen molar-refractivity contribution in [3.8, 4) is 11.5 Å². The number of benzene rings is 1. The summed E-state index contributed by atoms with van der Waals surface area (Å²) in [5, 5.41) is 8.54. The highest BCUT2D eigenvalue weighted by Gasteiger charge is 2.21. The first-order chi connectivity index (χ1) is 8.79. The Kier molecular flexibility index (Phi) is 4.79. The molecule has 19 heavy (non-hydrogen) atoms. The van der Waals surface area contributed by atoms with Gasteiger partial charge >= 0.3 is 5.97 Å². The summed E-state index contributed by atoms with van der Waals surface area (Å²) in [6.45, 7) is 0. The fourth-order valence-corrected chi connectivity index (χ4v) is 2.42. The molecular formula is C11H11ClO6S. The number of rotatable bonds is 5. The lowest BCUT2D eigenvalue weighted by Gasteiger charge is -2.11. The third kappa shape index (κ3) is 3.87. The van der Waals surface area contributed by atoms with Gasteiger partial charge in [-0.05, 0) is 23.8 Å². The summed E-state index contributed by atoms with van der Waals surface area (Å²) in [5.41, 5.74) is 0.305. The number of aliphatic carboxylic acids is 1. The highest BCUT2D eigenvalue weighted by molar-refractivity contribution is 8.13. The van der Waals surface area contributed by atoms with Gasteiger partial charge in [-0.3, -0.25) is 0 Å². The number of hydrogen-bond donors (Lipinski definition) is 1. The summed E-state index contributed by atoms with van der Waals surface area (Å²) in [6.07, 6.45) is 2.09. The summed E-state index contributed by atoms with van der Waals surface area (Å²) in [5.74, 6) is -1.07. The van der Waals surface area contributed by atoms with Gasteiger partial charge in [-0.15, -0.1) is 0 Å². The minimum absolute atomic E-state index is 0.0371. The molecule has 0 aliphatic heterocycles. The molecule has 0 aliphatic rings. The topological polar surface area (TPSA) is 89.9 Å². The molecule has 0 spiro atoms. The van der Waals surface area contributed by atoms with Crippen molar-refractivity contribution in [1.82, 2.24) is 0 Å². The average Bonchev–Trinajstić information content (AvgIpc) is 2.33. The standard InChI is InChI=1S/C11H11ClO6S/c1-17-8-5-7(3-4-10(13)14)6-9(11(8)18-2)19(12,15)16/h3-6H,1-2H3,(H,13,14)/b4-3+. The molecule has 104 valence electrons. The molecule has 6 nitrogen and oxygen atoms in total. The Hall–Kier alpha value is -1.73. The van der Waals surface area contributed by atoms with Gasteiger partial charge in [0.1, 0.15) is 4.90 Å². The van der Waals surface area contributed by atoms with Crippen LogP contribution >= 0.6 is 10.7 Å². The molecule has 0 radical (unpaired) electrons. The average molecular weight is 307 g/mol. The van der Waals surface area contributed by atoms with Crippen LogP contribution in [0.3, 0.4) is 0 Å². The smallest absolute Gasteiger partial charge is 0.328 e. The van der Waals surface area contributed by atoms with Gasteiger partial charge in [-0.25, -0.2) is 13.2 Å². The highest BCUT2D eigenvalue weighted by Crippen LogP contribution is 2.37. The molecule has 0 saturated carbocycles. The van der Waals surface area contributed by atoms with Gasteiger partial charge in [0.25, 0.3) is 9.05 Å². The molecule has 0 aromatic heterocycles. The fourth-order valence-electron chi connectivity index (χ4n) is 1.39. The van der Waals surface area contributed by atoms with Crippen LogP contribution in [0.5, 0.6) is 11.5 Å². The number of carboxylic acid groups (broad SMARTS) is 1. The Balaban J connectivity index is 3.52. The lowest BCUT2D eigenvalue weighted by molar-refractivity contribution is -0.131. The van der Waals surface area contributed by atoms with E-state index in [1.165, 1.54) is 32.4 Å². The van der Waals surface area contributed by atoms with Gasteiger partial charge < -0.3 is 14.6 Å². The quantitative estimate of drug-likeness (QED) is 0.658. The van der Waals surface area contributed by atoms with Crippen LogP contribution in [0.4, 0.5) is 0 Å². The van der Waals surface area contributed by atoms with Crippen LogP contribution in [-0.4, -0.2) is 33.7 Å². The SMILES string of the molecule is COc1cc(/C=C/C(=O)O)cc(S(=O)(=O)Cl)c1OC. The van der Waals surface area contributed by atoms with Gasteiger partial charge in [-0.2, -0.15) is 0 Å². The minimum atomic E-state index is -4.05. The molecule has 0 heterocycles. The first-order valence-electron chi connectivity index (χ1n) is 4.91. The Morgan fingerprint density at radius 1 is 1.32 bits per heavy atom. The van der Waals surface area contributed by atoms with Crippen molar-refractivity contribution >= 4 is 31.8 Å². The third-order valence-electron chi connectivity index (χ3n) is 2.15. The summed E-state index contributed by atoms with van der Waals surface area (Å²) in [7, 11) is 3.85. The monoisotopic (exact) mass is 306 g/mol. The van der Waals surface area contributed by atoms with Gasteiger partial charge in [0.2, 0.25) is 0 Å². The van der Waals surface area contributed by atoms with E-state index in [1.807, 2.05) is 0 Å². The number of halogens is 1. The Morgan fingerprint density at radius 3 is 2.37 bits per heavy atom. The molecule has 8 heteroatoms. The zero-order chi connectivity index (χ0) is 14.6. The summed E-state index contributed by atoms with van der Waals surface area (Å²) < 4.78 is 32.9. The lowest BCUT2D eigenvalue weighted by Crippen LogP contribution is -2.00. The van der Waals surface area contributed by atoms with Crippen LogP contribution in [0.1, 0.15) is 5.56 Å². The number of carbonyl (C=O) groups is 1. The van der Waals surface area contributed by atoms with Crippen molar-refractivity contribution in [3.05, 3.63) is 23.8 Å². The van der Waals surface area contributed by atoms with E-state index in [4.69, 9.17) is 25.3 Å². The summed E-state index contributed by atoms with van der Waals surface area (Å²) >= 11 is 0. The van der Waals surface area contributed by atoms with Gasteiger partial charge in [0.05, 0.1) is 14.2 Å². The third-order valence-corrected chi connectivity index (χ3v) is 3.48. The van der Waals surface area contributed by atoms with E-state index >= 15 is 0 Å². The lowest BCUT2D eigenvalue weighted by atomic mass is 10.2. The predicted octanol–water partition coefficient (Wildman–Crippen LogP) is 1.73. The molecule has 1 N–H and O–H groups in total. The number of carboxylic acids is 1. The molecule has 1 aromatic rings. The zero-order valence-corrected chi connectivity index (χ0v) is 11.7. The van der Waals surface area contributed by atoms with E-state index in [0.29, 0.717) is 5.56 Å². The summed E-state index contributed by atoms with van der Waals surface area (Å²) in [4.78, 5) is 10.2. The first-order valence-corrected chi connectivity index (χ1v) is 7.22. The number of ether oxygens (including phenoxy) is 2. The first kappa shape index (κ1) is 15.3. The molecule has 0 amide bonds. The molecule has 0 atom stereocenters. The van der Waals surface area contributed by atoms with Crippen molar-refractivity contribution in [3.63, 3.8) is 0 Å². The molecule has 1 aromatic carbocycles. The Bertz CT molecular complexity index is 620. The van der Waals surface area contributed by atoms with E-state index in [-0.39, 0.29) is 16.4 Å². The van der Waals surface area contributed by atoms with Crippen molar-refractivity contribution in [1.29, 1.82) is 0 Å². The fraction of sp³-hybridized carbons (Fsp3) is 0.182. The van der Waals surface area contributed by atoms with Crippen LogP contribution in [-0.2, 0) is 13.8 Å². The maximum atomic E-state index is 11.5. The largest absolute Gasteiger partial charge is 0.493 e. The van der Waals surface area contributed by atoms with E-state index in [9.17, 15) is 13.2 Å². The Labute approximate surface area is 114 Å². The van der Waals surface area contributed by atoms with E-state index in [2.05, 4.69) is 0 Å². The van der Waals surface area contributed by atoms with Crippen molar-refractivity contribution < 1.29 is 27.8 Å². The molecule has 0 bridgehead atoms. The molecule has 1 rings (SSSR count). The number of methoxy groups -OCH3 is 2. The van der Waals surface area contributed by atoms with E-state index in [0.717, 1.165) is 6.08 Å². The second-order valence-corrected chi connectivity index (χ2v) is 5.90. The maximum Gasteiger partial charge on any atom is 0.328 e. The normalized spacial score (nSPS) is 11.5. The van der Waals surface area contributed by atoms with Gasteiger partial charge in [0.15, 0.2) is 11.5 Å². The van der Waals surface area contributed by atoms with Crippen LogP contribution < -0.4 is 9.47 Å². The van der Waals surface area contributed by atoms with E-state index < -0.39 is 15.0 Å². The summed E-state index contributed by atoms with van der Waals surface area (Å²) in [6, 6.07) is 2.63. The van der Waals surface area contributed by atoms with Crippen LogP contribution in [0, 0.1) is 0 Å². The van der Waals surface area contributed by atoms with E-state index in [1.54, 1.807) is 0 Å². The maximum absolute atomic E-state index is 11.5.